The van der Waals surface area contributed by atoms with Gasteiger partial charge in [0.2, 0.25) is 5.95 Å². The van der Waals surface area contributed by atoms with Crippen molar-refractivity contribution < 1.29 is 28.2 Å². The SMILES string of the molecule is CCOc1cc(OC)c(F)c(N2Cc3cnc(NC4CCC(O)CC4)nc3N(C3CCCC3)C2=O)c1F. The van der Waals surface area contributed by atoms with Gasteiger partial charge in [-0.15, -0.1) is 0 Å². The van der Waals surface area contributed by atoms with Crippen molar-refractivity contribution in [3.8, 4) is 11.5 Å². The molecule has 37 heavy (non-hydrogen) atoms. The zero-order valence-electron chi connectivity index (χ0n) is 21.2. The van der Waals surface area contributed by atoms with E-state index in [1.807, 2.05) is 0 Å². The average molecular weight is 518 g/mol. The smallest absolute Gasteiger partial charge is 0.330 e. The molecule has 2 aromatic rings. The van der Waals surface area contributed by atoms with E-state index >= 15 is 8.78 Å². The van der Waals surface area contributed by atoms with E-state index in [2.05, 4.69) is 10.3 Å². The zero-order chi connectivity index (χ0) is 26.1. The first-order chi connectivity index (χ1) is 17.9. The number of aliphatic hydroxyl groups is 1. The van der Waals surface area contributed by atoms with Crippen LogP contribution < -0.4 is 24.6 Å². The van der Waals surface area contributed by atoms with Gasteiger partial charge in [-0.05, 0) is 45.4 Å². The Morgan fingerprint density at radius 3 is 2.49 bits per heavy atom. The van der Waals surface area contributed by atoms with E-state index in [0.29, 0.717) is 30.2 Å². The standard InChI is InChI=1S/C26H33F2N5O4/c1-3-37-20-12-19(36-2)21(27)23(22(20)28)32-14-15-13-29-25(30-16-8-10-18(34)11-9-16)31-24(15)33(26(32)35)17-6-4-5-7-17/h12-13,16-18,34H,3-11,14H2,1-2H3,(H,29,30,31). The summed E-state index contributed by atoms with van der Waals surface area (Å²) in [5.74, 6) is -1.45. The van der Waals surface area contributed by atoms with Crippen LogP contribution in [-0.2, 0) is 6.54 Å². The molecule has 0 saturated heterocycles. The molecule has 0 unspecified atom stereocenters. The van der Waals surface area contributed by atoms with Gasteiger partial charge >= 0.3 is 6.03 Å². The lowest BCUT2D eigenvalue weighted by Crippen LogP contribution is -2.52. The van der Waals surface area contributed by atoms with Crippen LogP contribution in [0, 0.1) is 11.6 Å². The van der Waals surface area contributed by atoms with Gasteiger partial charge in [0.15, 0.2) is 23.1 Å². The Kier molecular flexibility index (Phi) is 7.32. The molecule has 0 radical (unpaired) electrons. The van der Waals surface area contributed by atoms with Crippen molar-refractivity contribution in [1.82, 2.24) is 9.97 Å². The fourth-order valence-corrected chi connectivity index (χ4v) is 5.54. The van der Waals surface area contributed by atoms with Gasteiger partial charge in [-0.2, -0.15) is 4.98 Å². The van der Waals surface area contributed by atoms with Crippen LogP contribution in [-0.4, -0.2) is 53.0 Å². The Balaban J connectivity index is 1.53. The summed E-state index contributed by atoms with van der Waals surface area (Å²) >= 11 is 0. The van der Waals surface area contributed by atoms with Crippen LogP contribution in [0.25, 0.3) is 0 Å². The largest absolute Gasteiger partial charge is 0.493 e. The Hall–Kier alpha value is -3.21. The van der Waals surface area contributed by atoms with Crippen LogP contribution >= 0.6 is 0 Å². The summed E-state index contributed by atoms with van der Waals surface area (Å²) in [4.78, 5) is 25.8. The number of rotatable bonds is 7. The number of nitrogens with one attached hydrogen (secondary N) is 1. The lowest BCUT2D eigenvalue weighted by molar-refractivity contribution is 0.126. The Bertz CT molecular complexity index is 1150. The van der Waals surface area contributed by atoms with Gasteiger partial charge in [0.1, 0.15) is 11.5 Å². The first-order valence-corrected chi connectivity index (χ1v) is 13.0. The Morgan fingerprint density at radius 1 is 1.11 bits per heavy atom. The molecule has 0 spiro atoms. The van der Waals surface area contributed by atoms with Gasteiger partial charge in [0, 0.05) is 29.9 Å². The summed E-state index contributed by atoms with van der Waals surface area (Å²) in [6, 6.07) is 0.609. The molecular formula is C26H33F2N5O4. The van der Waals surface area contributed by atoms with Gasteiger partial charge in [-0.3, -0.25) is 9.80 Å². The third-order valence-electron chi connectivity index (χ3n) is 7.46. The number of anilines is 3. The number of aromatic nitrogens is 2. The fourth-order valence-electron chi connectivity index (χ4n) is 5.54. The summed E-state index contributed by atoms with van der Waals surface area (Å²) in [6.07, 6.45) is 7.85. The van der Waals surface area contributed by atoms with Crippen molar-refractivity contribution in [2.75, 3.05) is 28.8 Å². The molecular weight excluding hydrogens is 484 g/mol. The van der Waals surface area contributed by atoms with Crippen molar-refractivity contribution in [1.29, 1.82) is 0 Å². The number of aliphatic hydroxyl groups excluding tert-OH is 1. The van der Waals surface area contributed by atoms with Crippen molar-refractivity contribution in [2.24, 2.45) is 0 Å². The van der Waals surface area contributed by atoms with Crippen molar-refractivity contribution in [3.05, 3.63) is 29.5 Å². The third kappa shape index (κ3) is 4.88. The molecule has 2 N–H and O–H groups in total. The molecule has 2 aliphatic carbocycles. The van der Waals surface area contributed by atoms with E-state index in [1.165, 1.54) is 7.11 Å². The topological polar surface area (TPSA) is 100 Å². The second-order valence-electron chi connectivity index (χ2n) is 9.86. The molecule has 200 valence electrons. The van der Waals surface area contributed by atoms with Crippen LogP contribution in [0.4, 0.5) is 31.0 Å². The van der Waals surface area contributed by atoms with Crippen LogP contribution in [0.15, 0.2) is 12.3 Å². The van der Waals surface area contributed by atoms with E-state index < -0.39 is 23.4 Å². The lowest BCUT2D eigenvalue weighted by Gasteiger charge is -2.39. The monoisotopic (exact) mass is 517 g/mol. The Morgan fingerprint density at radius 2 is 1.81 bits per heavy atom. The molecule has 1 aromatic carbocycles. The molecule has 5 rings (SSSR count). The summed E-state index contributed by atoms with van der Waals surface area (Å²) < 4.78 is 41.5. The lowest BCUT2D eigenvalue weighted by atomic mass is 9.93. The number of hydrogen-bond donors (Lipinski definition) is 2. The highest BCUT2D eigenvalue weighted by Gasteiger charge is 2.41. The van der Waals surface area contributed by atoms with E-state index in [-0.39, 0.29) is 42.8 Å². The van der Waals surface area contributed by atoms with Gasteiger partial charge in [0.25, 0.3) is 0 Å². The van der Waals surface area contributed by atoms with Crippen LogP contribution in [0.2, 0.25) is 0 Å². The molecule has 1 aromatic heterocycles. The normalized spacial score (nSPS) is 22.2. The fraction of sp³-hybridized carbons (Fsp3) is 0.577. The number of carbonyl (C=O) groups is 1. The molecule has 2 amide bonds. The summed E-state index contributed by atoms with van der Waals surface area (Å²) in [6.45, 7) is 1.76. The molecule has 1 aliphatic heterocycles. The van der Waals surface area contributed by atoms with Gasteiger partial charge in [-0.25, -0.2) is 18.6 Å². The number of benzene rings is 1. The molecule has 3 aliphatic rings. The first-order valence-electron chi connectivity index (χ1n) is 13.0. The van der Waals surface area contributed by atoms with Crippen LogP contribution in [0.3, 0.4) is 0 Å². The molecule has 11 heteroatoms. The number of fused-ring (bicyclic) bond motifs is 1. The van der Waals surface area contributed by atoms with Crippen LogP contribution in [0.1, 0.15) is 63.9 Å². The summed E-state index contributed by atoms with van der Waals surface area (Å²) in [5, 5.41) is 13.1. The van der Waals surface area contributed by atoms with Crippen molar-refractivity contribution in [3.63, 3.8) is 0 Å². The maximum absolute atomic E-state index is 15.5. The van der Waals surface area contributed by atoms with E-state index in [4.69, 9.17) is 14.5 Å². The number of hydrogen-bond acceptors (Lipinski definition) is 7. The molecule has 9 nitrogen and oxygen atoms in total. The number of urea groups is 1. The molecule has 2 fully saturated rings. The second kappa shape index (κ2) is 10.6. The number of methoxy groups -OCH3 is 1. The molecule has 0 atom stereocenters. The minimum atomic E-state index is -0.967. The number of carbonyl (C=O) groups excluding carboxylic acids is 1. The quantitative estimate of drug-likeness (QED) is 0.546. The minimum Gasteiger partial charge on any atom is -0.493 e. The van der Waals surface area contributed by atoms with E-state index in [0.717, 1.165) is 49.5 Å². The maximum atomic E-state index is 15.5. The molecule has 2 heterocycles. The van der Waals surface area contributed by atoms with Crippen LogP contribution in [0.5, 0.6) is 11.5 Å². The molecule has 2 saturated carbocycles. The predicted octanol–water partition coefficient (Wildman–Crippen LogP) is 4.77. The number of amides is 2. The second-order valence-corrected chi connectivity index (χ2v) is 9.86. The van der Waals surface area contributed by atoms with E-state index in [1.54, 1.807) is 18.0 Å². The first kappa shape index (κ1) is 25.4. The van der Waals surface area contributed by atoms with Crippen molar-refractivity contribution in [2.45, 2.75) is 83.0 Å². The number of halogens is 2. The van der Waals surface area contributed by atoms with Gasteiger partial charge < -0.3 is 19.9 Å². The highest BCUT2D eigenvalue weighted by Crippen LogP contribution is 2.42. The number of ether oxygens (including phenoxy) is 2. The van der Waals surface area contributed by atoms with Gasteiger partial charge in [0.05, 0.1) is 26.4 Å². The van der Waals surface area contributed by atoms with Crippen molar-refractivity contribution >= 4 is 23.5 Å². The number of nitrogens with zero attached hydrogens (tertiary/aromatic N) is 4. The Labute approximate surface area is 214 Å². The highest BCUT2D eigenvalue weighted by molar-refractivity contribution is 6.06. The van der Waals surface area contributed by atoms with E-state index in [9.17, 15) is 9.90 Å². The molecule has 0 bridgehead atoms. The third-order valence-corrected chi connectivity index (χ3v) is 7.46. The average Bonchev–Trinajstić information content (AvgIpc) is 3.42. The maximum Gasteiger partial charge on any atom is 0.330 e. The predicted molar refractivity (Wildman–Crippen MR) is 134 cm³/mol. The van der Waals surface area contributed by atoms with Gasteiger partial charge in [-0.1, -0.05) is 12.8 Å². The summed E-state index contributed by atoms with van der Waals surface area (Å²) in [7, 11) is 1.28. The summed E-state index contributed by atoms with van der Waals surface area (Å²) in [5.41, 5.74) is 0.0834. The minimum absolute atomic E-state index is 0.0974. The zero-order valence-corrected chi connectivity index (χ0v) is 21.2. The highest BCUT2D eigenvalue weighted by atomic mass is 19.1.